The molecule has 1 aromatic carbocycles. The van der Waals surface area contributed by atoms with Gasteiger partial charge in [0.1, 0.15) is 5.82 Å². The molecule has 3 rings (SSSR count). The number of nitrogens with one attached hydrogen (secondary N) is 2. The molecule has 4 N–H and O–H groups in total. The Morgan fingerprint density at radius 2 is 2.11 bits per heavy atom. The Kier molecular flexibility index (Phi) is 3.77. The van der Waals surface area contributed by atoms with Crippen LogP contribution in [0.3, 0.4) is 0 Å². The average Bonchev–Trinajstić information content (AvgIpc) is 2.82. The molecule has 0 radical (unpaired) electrons. The molecule has 5 heteroatoms. The lowest BCUT2D eigenvalue weighted by molar-refractivity contribution is 0.233. The summed E-state index contributed by atoms with van der Waals surface area (Å²) in [6, 6.07) is 6.49. The van der Waals surface area contributed by atoms with Crippen LogP contribution < -0.4 is 11.1 Å². The van der Waals surface area contributed by atoms with Crippen LogP contribution in [-0.4, -0.2) is 47.6 Å². The standard InChI is InChI=1S/C14H21N5/c15-4-3-14-17-12-2-1-11(9-13(12)18-14)10-19-7-5-16-6-8-19/h1-2,9,16H,3-8,10,15H2,(H,17,18). The van der Waals surface area contributed by atoms with Crippen LogP contribution in [0.15, 0.2) is 18.2 Å². The van der Waals surface area contributed by atoms with Crippen molar-refractivity contribution >= 4 is 11.0 Å². The molecule has 1 aromatic heterocycles. The van der Waals surface area contributed by atoms with E-state index in [9.17, 15) is 0 Å². The first-order chi connectivity index (χ1) is 9.35. The molecule has 0 unspecified atom stereocenters. The Bertz CT molecular complexity index is 542. The van der Waals surface area contributed by atoms with Gasteiger partial charge in [-0.25, -0.2) is 4.98 Å². The minimum absolute atomic E-state index is 0.632. The maximum atomic E-state index is 5.56. The van der Waals surface area contributed by atoms with Gasteiger partial charge in [0, 0.05) is 39.1 Å². The fraction of sp³-hybridized carbons (Fsp3) is 0.500. The van der Waals surface area contributed by atoms with E-state index in [2.05, 4.69) is 38.4 Å². The third kappa shape index (κ3) is 2.94. The molecule has 0 bridgehead atoms. The van der Waals surface area contributed by atoms with Gasteiger partial charge >= 0.3 is 0 Å². The number of aromatic amines is 1. The maximum absolute atomic E-state index is 5.56. The van der Waals surface area contributed by atoms with Crippen molar-refractivity contribution in [2.45, 2.75) is 13.0 Å². The van der Waals surface area contributed by atoms with E-state index in [1.165, 1.54) is 5.56 Å². The third-order valence-corrected chi connectivity index (χ3v) is 3.59. The van der Waals surface area contributed by atoms with E-state index in [4.69, 9.17) is 5.73 Å². The Morgan fingerprint density at radius 1 is 1.26 bits per heavy atom. The number of piperazine rings is 1. The van der Waals surface area contributed by atoms with E-state index >= 15 is 0 Å². The molecule has 1 aliphatic heterocycles. The summed E-state index contributed by atoms with van der Waals surface area (Å²) in [6.45, 7) is 6.08. The SMILES string of the molecule is NCCc1nc2ccc(CN3CCNCC3)cc2[nH]1. The van der Waals surface area contributed by atoms with Crippen LogP contribution in [0.25, 0.3) is 11.0 Å². The molecule has 19 heavy (non-hydrogen) atoms. The number of fused-ring (bicyclic) bond motifs is 1. The summed E-state index contributed by atoms with van der Waals surface area (Å²) in [4.78, 5) is 10.4. The van der Waals surface area contributed by atoms with Crippen molar-refractivity contribution in [1.82, 2.24) is 20.2 Å². The highest BCUT2D eigenvalue weighted by Crippen LogP contribution is 2.15. The number of rotatable bonds is 4. The highest BCUT2D eigenvalue weighted by Gasteiger charge is 2.10. The predicted octanol–water partition coefficient (Wildman–Crippen LogP) is 0.469. The van der Waals surface area contributed by atoms with Gasteiger partial charge in [-0.2, -0.15) is 0 Å². The van der Waals surface area contributed by atoms with Gasteiger partial charge < -0.3 is 16.0 Å². The first kappa shape index (κ1) is 12.6. The van der Waals surface area contributed by atoms with Crippen molar-refractivity contribution in [3.63, 3.8) is 0 Å². The normalized spacial score (nSPS) is 17.1. The number of hydrogen-bond donors (Lipinski definition) is 3. The molecule has 1 aliphatic rings. The lowest BCUT2D eigenvalue weighted by Crippen LogP contribution is -2.42. The molecule has 0 spiro atoms. The van der Waals surface area contributed by atoms with Gasteiger partial charge in [-0.15, -0.1) is 0 Å². The van der Waals surface area contributed by atoms with Crippen LogP contribution in [0, 0.1) is 0 Å². The first-order valence-corrected chi connectivity index (χ1v) is 6.96. The van der Waals surface area contributed by atoms with Crippen molar-refractivity contribution in [3.05, 3.63) is 29.6 Å². The van der Waals surface area contributed by atoms with Crippen LogP contribution in [0.5, 0.6) is 0 Å². The Balaban J connectivity index is 1.76. The van der Waals surface area contributed by atoms with Crippen LogP contribution in [0.2, 0.25) is 0 Å². The Labute approximate surface area is 113 Å². The minimum atomic E-state index is 0.632. The van der Waals surface area contributed by atoms with Crippen molar-refractivity contribution in [3.8, 4) is 0 Å². The van der Waals surface area contributed by atoms with E-state index < -0.39 is 0 Å². The second-order valence-corrected chi connectivity index (χ2v) is 5.10. The maximum Gasteiger partial charge on any atom is 0.108 e. The van der Waals surface area contributed by atoms with Gasteiger partial charge in [0.2, 0.25) is 0 Å². The average molecular weight is 259 g/mol. The number of nitrogens with two attached hydrogens (primary N) is 1. The third-order valence-electron chi connectivity index (χ3n) is 3.59. The first-order valence-electron chi connectivity index (χ1n) is 6.96. The van der Waals surface area contributed by atoms with E-state index in [1.54, 1.807) is 0 Å². The number of hydrogen-bond acceptors (Lipinski definition) is 4. The van der Waals surface area contributed by atoms with E-state index in [1.807, 2.05) is 0 Å². The van der Waals surface area contributed by atoms with E-state index in [0.717, 1.165) is 56.0 Å². The summed E-state index contributed by atoms with van der Waals surface area (Å²) in [6.07, 6.45) is 0.807. The molecule has 2 aromatic rings. The zero-order chi connectivity index (χ0) is 13.1. The summed E-state index contributed by atoms with van der Waals surface area (Å²) >= 11 is 0. The van der Waals surface area contributed by atoms with Crippen molar-refractivity contribution in [1.29, 1.82) is 0 Å². The molecule has 102 valence electrons. The fourth-order valence-corrected chi connectivity index (χ4v) is 2.59. The summed E-state index contributed by atoms with van der Waals surface area (Å²) in [7, 11) is 0. The fourth-order valence-electron chi connectivity index (χ4n) is 2.59. The number of benzene rings is 1. The Morgan fingerprint density at radius 3 is 2.89 bits per heavy atom. The summed E-state index contributed by atoms with van der Waals surface area (Å²) in [5, 5.41) is 3.38. The van der Waals surface area contributed by atoms with Crippen molar-refractivity contribution < 1.29 is 0 Å². The molecular weight excluding hydrogens is 238 g/mol. The lowest BCUT2D eigenvalue weighted by Gasteiger charge is -2.27. The highest BCUT2D eigenvalue weighted by atomic mass is 15.2. The molecule has 0 amide bonds. The zero-order valence-electron chi connectivity index (χ0n) is 11.2. The van der Waals surface area contributed by atoms with Gasteiger partial charge in [-0.3, -0.25) is 4.90 Å². The van der Waals surface area contributed by atoms with Gasteiger partial charge in [0.25, 0.3) is 0 Å². The van der Waals surface area contributed by atoms with Gasteiger partial charge in [-0.05, 0) is 24.2 Å². The van der Waals surface area contributed by atoms with Crippen LogP contribution in [0.4, 0.5) is 0 Å². The molecular formula is C14H21N5. The summed E-state index contributed by atoms with van der Waals surface area (Å²) in [5.41, 5.74) is 9.06. The molecule has 5 nitrogen and oxygen atoms in total. The number of nitrogens with zero attached hydrogens (tertiary/aromatic N) is 2. The van der Waals surface area contributed by atoms with Crippen molar-refractivity contribution in [2.24, 2.45) is 5.73 Å². The smallest absolute Gasteiger partial charge is 0.108 e. The van der Waals surface area contributed by atoms with Crippen LogP contribution >= 0.6 is 0 Å². The van der Waals surface area contributed by atoms with Crippen LogP contribution in [0.1, 0.15) is 11.4 Å². The number of H-pyrrole nitrogens is 1. The molecule has 1 fully saturated rings. The molecule has 0 saturated carbocycles. The highest BCUT2D eigenvalue weighted by molar-refractivity contribution is 5.75. The second kappa shape index (κ2) is 5.69. The zero-order valence-corrected chi connectivity index (χ0v) is 11.2. The topological polar surface area (TPSA) is 70.0 Å². The molecule has 0 aliphatic carbocycles. The Hall–Kier alpha value is -1.43. The summed E-state index contributed by atoms with van der Waals surface area (Å²) in [5.74, 6) is 0.983. The number of imidazole rings is 1. The lowest BCUT2D eigenvalue weighted by atomic mass is 10.2. The predicted molar refractivity (Wildman–Crippen MR) is 77.0 cm³/mol. The van der Waals surface area contributed by atoms with Gasteiger partial charge in [-0.1, -0.05) is 6.07 Å². The van der Waals surface area contributed by atoms with Crippen LogP contribution in [-0.2, 0) is 13.0 Å². The minimum Gasteiger partial charge on any atom is -0.342 e. The monoisotopic (exact) mass is 259 g/mol. The van der Waals surface area contributed by atoms with Gasteiger partial charge in [0.05, 0.1) is 11.0 Å². The quantitative estimate of drug-likeness (QED) is 0.746. The van der Waals surface area contributed by atoms with Crippen molar-refractivity contribution in [2.75, 3.05) is 32.7 Å². The summed E-state index contributed by atoms with van der Waals surface area (Å²) < 4.78 is 0. The molecule has 0 atom stereocenters. The molecule has 1 saturated heterocycles. The second-order valence-electron chi connectivity index (χ2n) is 5.10. The van der Waals surface area contributed by atoms with E-state index in [-0.39, 0.29) is 0 Å². The number of aromatic nitrogens is 2. The largest absolute Gasteiger partial charge is 0.342 e. The molecule has 2 heterocycles. The van der Waals surface area contributed by atoms with E-state index in [0.29, 0.717) is 6.54 Å². The van der Waals surface area contributed by atoms with Gasteiger partial charge in [0.15, 0.2) is 0 Å².